The molecule has 1 atom stereocenters. The number of fused-ring (bicyclic) bond motifs is 1. The Morgan fingerprint density at radius 1 is 0.923 bits per heavy atom. The van der Waals surface area contributed by atoms with E-state index >= 15 is 0 Å². The zero-order chi connectivity index (χ0) is 27.4. The smallest absolute Gasteiger partial charge is 0.257 e. The van der Waals surface area contributed by atoms with Crippen LogP contribution in [0.2, 0.25) is 0 Å². The van der Waals surface area contributed by atoms with E-state index in [1.54, 1.807) is 6.20 Å². The SMILES string of the molecule is C=C(C)C(C)CCCN(C)Cc1ccc2[nH]c(-c3ccc[nH]c3=O)c(-c3ccc(-c4ccccc4)cc3)c2c1. The van der Waals surface area contributed by atoms with E-state index in [1.807, 2.05) is 18.2 Å². The molecule has 0 amide bonds. The third-order valence-electron chi connectivity index (χ3n) is 7.70. The summed E-state index contributed by atoms with van der Waals surface area (Å²) < 4.78 is 0. The highest BCUT2D eigenvalue weighted by molar-refractivity contribution is 6.04. The molecule has 0 fully saturated rings. The lowest BCUT2D eigenvalue weighted by atomic mass is 9.96. The molecule has 5 rings (SSSR count). The number of nitrogens with zero attached hydrogens (tertiary/aromatic N) is 1. The summed E-state index contributed by atoms with van der Waals surface area (Å²) in [7, 11) is 2.19. The number of rotatable bonds is 10. The summed E-state index contributed by atoms with van der Waals surface area (Å²) in [6, 6.07) is 29.4. The lowest BCUT2D eigenvalue weighted by molar-refractivity contribution is 0.312. The lowest BCUT2D eigenvalue weighted by Crippen LogP contribution is -2.19. The highest BCUT2D eigenvalue weighted by atomic mass is 16.1. The highest BCUT2D eigenvalue weighted by Crippen LogP contribution is 2.38. The lowest BCUT2D eigenvalue weighted by Gasteiger charge is -2.18. The molecule has 2 aromatic heterocycles. The number of aromatic amines is 2. The quantitative estimate of drug-likeness (QED) is 0.184. The van der Waals surface area contributed by atoms with Crippen LogP contribution in [0.3, 0.4) is 0 Å². The van der Waals surface area contributed by atoms with Crippen molar-refractivity contribution in [2.45, 2.75) is 33.2 Å². The molecule has 2 N–H and O–H groups in total. The van der Waals surface area contributed by atoms with Gasteiger partial charge in [-0.25, -0.2) is 0 Å². The molecule has 0 spiro atoms. The second kappa shape index (κ2) is 11.7. The van der Waals surface area contributed by atoms with Crippen molar-refractivity contribution in [3.63, 3.8) is 0 Å². The number of nitrogens with one attached hydrogen (secondary N) is 2. The molecule has 0 bridgehead atoms. The van der Waals surface area contributed by atoms with Gasteiger partial charge in [0, 0.05) is 29.2 Å². The Morgan fingerprint density at radius 3 is 2.36 bits per heavy atom. The molecule has 0 saturated carbocycles. The van der Waals surface area contributed by atoms with Gasteiger partial charge in [-0.2, -0.15) is 0 Å². The van der Waals surface area contributed by atoms with Crippen LogP contribution >= 0.6 is 0 Å². The number of H-pyrrole nitrogens is 2. The monoisotopic (exact) mass is 515 g/mol. The van der Waals surface area contributed by atoms with Crippen molar-refractivity contribution in [3.05, 3.63) is 119 Å². The van der Waals surface area contributed by atoms with Crippen molar-refractivity contribution in [1.82, 2.24) is 14.9 Å². The number of benzene rings is 3. The summed E-state index contributed by atoms with van der Waals surface area (Å²) >= 11 is 0. The van der Waals surface area contributed by atoms with Gasteiger partial charge < -0.3 is 14.9 Å². The Bertz CT molecular complexity index is 1630. The summed E-state index contributed by atoms with van der Waals surface area (Å²) in [5.41, 5.74) is 9.42. The molecule has 3 aromatic carbocycles. The number of pyridine rings is 1. The maximum absolute atomic E-state index is 12.8. The molecule has 39 heavy (non-hydrogen) atoms. The fraction of sp³-hybridized carbons (Fsp3) is 0.229. The average Bonchev–Trinajstić information content (AvgIpc) is 3.32. The number of aromatic nitrogens is 2. The van der Waals surface area contributed by atoms with Crippen molar-refractivity contribution in [2.24, 2.45) is 5.92 Å². The first-order valence-corrected chi connectivity index (χ1v) is 13.7. The van der Waals surface area contributed by atoms with Gasteiger partial charge in [0.05, 0.1) is 11.3 Å². The number of allylic oxidation sites excluding steroid dienone is 1. The Hall–Kier alpha value is -4.15. The molecule has 1 unspecified atom stereocenters. The van der Waals surface area contributed by atoms with Gasteiger partial charge in [0.25, 0.3) is 5.56 Å². The van der Waals surface area contributed by atoms with Crippen LogP contribution in [0.4, 0.5) is 0 Å². The fourth-order valence-electron chi connectivity index (χ4n) is 5.22. The summed E-state index contributed by atoms with van der Waals surface area (Å²) in [4.78, 5) is 21.6. The van der Waals surface area contributed by atoms with E-state index < -0.39 is 0 Å². The Kier molecular flexibility index (Phi) is 7.94. The van der Waals surface area contributed by atoms with Crippen LogP contribution in [-0.4, -0.2) is 28.5 Å². The van der Waals surface area contributed by atoms with Crippen molar-refractivity contribution in [3.8, 4) is 33.5 Å². The van der Waals surface area contributed by atoms with Crippen molar-refractivity contribution >= 4 is 10.9 Å². The average molecular weight is 516 g/mol. The first-order chi connectivity index (χ1) is 18.9. The minimum Gasteiger partial charge on any atom is -0.354 e. The van der Waals surface area contributed by atoms with Crippen LogP contribution in [0.5, 0.6) is 0 Å². The zero-order valence-corrected chi connectivity index (χ0v) is 23.1. The molecule has 0 aliphatic carbocycles. The van der Waals surface area contributed by atoms with E-state index in [2.05, 4.69) is 109 Å². The Labute approximate surface area is 231 Å². The molecular weight excluding hydrogens is 478 g/mol. The molecule has 5 aromatic rings. The van der Waals surface area contributed by atoms with Gasteiger partial charge in [0.2, 0.25) is 0 Å². The van der Waals surface area contributed by atoms with E-state index in [1.165, 1.54) is 22.3 Å². The third-order valence-corrected chi connectivity index (χ3v) is 7.70. The summed E-state index contributed by atoms with van der Waals surface area (Å²) in [6.45, 7) is 10.4. The van der Waals surface area contributed by atoms with Gasteiger partial charge in [0.1, 0.15) is 0 Å². The Morgan fingerprint density at radius 2 is 1.64 bits per heavy atom. The van der Waals surface area contributed by atoms with E-state index in [-0.39, 0.29) is 5.56 Å². The molecule has 2 heterocycles. The Balaban J connectivity index is 1.50. The standard InChI is InChI=1S/C35H37N3O/c1-24(2)25(3)10-9-21-38(4)23-26-14-19-32-31(22-26)33(34(37-32)30-13-8-20-36-35(30)39)29-17-15-28(16-18-29)27-11-6-5-7-12-27/h5-8,11-20,22,25,37H,1,9-10,21,23H2,2-4H3,(H,36,39). The second-order valence-corrected chi connectivity index (χ2v) is 10.7. The van der Waals surface area contributed by atoms with Crippen LogP contribution in [-0.2, 0) is 6.54 Å². The first kappa shape index (κ1) is 26.5. The van der Waals surface area contributed by atoms with Gasteiger partial charge in [-0.1, -0.05) is 79.7 Å². The molecule has 0 aliphatic heterocycles. The molecule has 0 saturated heterocycles. The van der Waals surface area contributed by atoms with Gasteiger partial charge in [-0.05, 0) is 85.8 Å². The van der Waals surface area contributed by atoms with Crippen molar-refractivity contribution in [2.75, 3.05) is 13.6 Å². The second-order valence-electron chi connectivity index (χ2n) is 10.7. The highest BCUT2D eigenvalue weighted by Gasteiger charge is 2.18. The van der Waals surface area contributed by atoms with Gasteiger partial charge in [-0.3, -0.25) is 4.79 Å². The van der Waals surface area contributed by atoms with Gasteiger partial charge in [-0.15, -0.1) is 0 Å². The van der Waals surface area contributed by atoms with Gasteiger partial charge in [0.15, 0.2) is 0 Å². The number of hydrogen-bond acceptors (Lipinski definition) is 2. The topological polar surface area (TPSA) is 51.9 Å². The predicted molar refractivity (Wildman–Crippen MR) is 165 cm³/mol. The van der Waals surface area contributed by atoms with Crippen LogP contribution < -0.4 is 5.56 Å². The van der Waals surface area contributed by atoms with Crippen LogP contribution in [0, 0.1) is 5.92 Å². The minimum absolute atomic E-state index is 0.102. The number of hydrogen-bond donors (Lipinski definition) is 2. The molecule has 198 valence electrons. The molecule has 0 radical (unpaired) electrons. The maximum Gasteiger partial charge on any atom is 0.257 e. The normalized spacial score (nSPS) is 12.2. The van der Waals surface area contributed by atoms with E-state index in [0.717, 1.165) is 53.7 Å². The van der Waals surface area contributed by atoms with Crippen molar-refractivity contribution < 1.29 is 0 Å². The molecule has 4 nitrogen and oxygen atoms in total. The van der Waals surface area contributed by atoms with E-state index in [4.69, 9.17) is 0 Å². The molecule has 4 heteroatoms. The van der Waals surface area contributed by atoms with E-state index in [9.17, 15) is 4.79 Å². The van der Waals surface area contributed by atoms with E-state index in [0.29, 0.717) is 11.5 Å². The largest absolute Gasteiger partial charge is 0.354 e. The van der Waals surface area contributed by atoms with Crippen LogP contribution in [0.25, 0.3) is 44.4 Å². The predicted octanol–water partition coefficient (Wildman–Crippen LogP) is 8.28. The first-order valence-electron chi connectivity index (χ1n) is 13.7. The van der Waals surface area contributed by atoms with Crippen molar-refractivity contribution in [1.29, 1.82) is 0 Å². The maximum atomic E-state index is 12.8. The third kappa shape index (κ3) is 5.97. The van der Waals surface area contributed by atoms with Crippen LogP contribution in [0.1, 0.15) is 32.3 Å². The summed E-state index contributed by atoms with van der Waals surface area (Å²) in [5, 5.41) is 1.13. The minimum atomic E-state index is -0.102. The summed E-state index contributed by atoms with van der Waals surface area (Å²) in [6.07, 6.45) is 3.99. The zero-order valence-electron chi connectivity index (χ0n) is 23.1. The fourth-order valence-corrected chi connectivity index (χ4v) is 5.22. The summed E-state index contributed by atoms with van der Waals surface area (Å²) in [5.74, 6) is 0.560. The van der Waals surface area contributed by atoms with Crippen LogP contribution in [0.15, 0.2) is 108 Å². The van der Waals surface area contributed by atoms with Gasteiger partial charge >= 0.3 is 0 Å². The molecule has 0 aliphatic rings. The molecular formula is C35H37N3O.